The molecule has 1 amide bonds. The van der Waals surface area contributed by atoms with Gasteiger partial charge < -0.3 is 5.32 Å². The summed E-state index contributed by atoms with van der Waals surface area (Å²) in [6.45, 7) is 4.92. The lowest BCUT2D eigenvalue weighted by Crippen LogP contribution is -2.27. The van der Waals surface area contributed by atoms with Gasteiger partial charge in [-0.3, -0.25) is 4.79 Å². The van der Waals surface area contributed by atoms with E-state index in [-0.39, 0.29) is 12.3 Å². The van der Waals surface area contributed by atoms with Gasteiger partial charge in [-0.25, -0.2) is 0 Å². The smallest absolute Gasteiger partial charge is 0.232 e. The predicted molar refractivity (Wildman–Crippen MR) is 45.9 cm³/mol. The van der Waals surface area contributed by atoms with Gasteiger partial charge in [-0.2, -0.15) is 0 Å². The minimum Gasteiger partial charge on any atom is -0.355 e. The molecular weight excluding hydrogens is 138 g/mol. The maximum atomic E-state index is 10.8. The molecule has 0 saturated heterocycles. The molecule has 0 saturated carbocycles. The Labute approximate surface area is 68.4 Å². The van der Waals surface area contributed by atoms with Crippen LogP contribution in [-0.2, 0) is 4.79 Å². The molecule has 0 aliphatic heterocycles. The van der Waals surface area contributed by atoms with Gasteiger partial charge in [0.1, 0.15) is 0 Å². The topological polar surface area (TPSA) is 29.1 Å². The minimum atomic E-state index is -0.0483. The first-order valence-corrected chi connectivity index (χ1v) is 3.90. The molecule has 0 radical (unpaired) electrons. The normalized spacial score (nSPS) is 11.7. The Morgan fingerprint density at radius 2 is 2.36 bits per heavy atom. The summed E-state index contributed by atoms with van der Waals surface area (Å²) in [5, 5.41) is 2.75. The maximum Gasteiger partial charge on any atom is 0.232 e. The van der Waals surface area contributed by atoms with Gasteiger partial charge in [-0.15, -0.1) is 6.42 Å². The second kappa shape index (κ2) is 5.79. The second-order valence-corrected chi connectivity index (χ2v) is 2.70. The van der Waals surface area contributed by atoms with Crippen LogP contribution in [0.5, 0.6) is 0 Å². The van der Waals surface area contributed by atoms with Crippen molar-refractivity contribution < 1.29 is 4.79 Å². The highest BCUT2D eigenvalue weighted by Gasteiger charge is 2.00. The van der Waals surface area contributed by atoms with Gasteiger partial charge in [0.2, 0.25) is 5.91 Å². The van der Waals surface area contributed by atoms with Crippen LogP contribution >= 0.6 is 0 Å². The molecule has 0 fully saturated rings. The Bertz CT molecular complexity index is 157. The third kappa shape index (κ3) is 5.47. The number of carbonyl (C=O) groups excluding carboxylic acids is 1. The lowest BCUT2D eigenvalue weighted by molar-refractivity contribution is -0.120. The summed E-state index contributed by atoms with van der Waals surface area (Å²) in [6.07, 6.45) is 6.23. The van der Waals surface area contributed by atoms with Crippen LogP contribution in [0.1, 0.15) is 26.7 Å². The number of carbonyl (C=O) groups is 1. The van der Waals surface area contributed by atoms with Crippen LogP contribution in [0.4, 0.5) is 0 Å². The number of amides is 1. The van der Waals surface area contributed by atoms with E-state index in [0.717, 1.165) is 13.0 Å². The largest absolute Gasteiger partial charge is 0.355 e. The SMILES string of the molecule is C#CCC(=O)NC[C@@H](C)CC. The zero-order chi connectivity index (χ0) is 8.69. The van der Waals surface area contributed by atoms with Crippen LogP contribution in [0, 0.1) is 18.3 Å². The third-order valence-corrected chi connectivity index (χ3v) is 1.61. The standard InChI is InChI=1S/C9H15NO/c1-4-6-9(11)10-7-8(3)5-2/h1,8H,5-7H2,2-3H3,(H,10,11)/t8-/m0/s1. The summed E-state index contributed by atoms with van der Waals surface area (Å²) in [5.41, 5.74) is 0. The van der Waals surface area contributed by atoms with E-state index in [9.17, 15) is 4.79 Å². The van der Waals surface area contributed by atoms with Crippen LogP contribution in [0.2, 0.25) is 0 Å². The van der Waals surface area contributed by atoms with E-state index < -0.39 is 0 Å². The third-order valence-electron chi connectivity index (χ3n) is 1.61. The van der Waals surface area contributed by atoms with Gasteiger partial charge in [0.15, 0.2) is 0 Å². The van der Waals surface area contributed by atoms with Crippen molar-refractivity contribution in [2.45, 2.75) is 26.7 Å². The van der Waals surface area contributed by atoms with Crippen LogP contribution in [-0.4, -0.2) is 12.5 Å². The Balaban J connectivity index is 3.39. The molecule has 0 aromatic heterocycles. The van der Waals surface area contributed by atoms with Crippen molar-refractivity contribution in [2.24, 2.45) is 5.92 Å². The summed E-state index contributed by atoms with van der Waals surface area (Å²) in [5.74, 6) is 2.79. The molecule has 0 heterocycles. The lowest BCUT2D eigenvalue weighted by atomic mass is 10.1. The fourth-order valence-electron chi connectivity index (χ4n) is 0.588. The summed E-state index contributed by atoms with van der Waals surface area (Å²) in [4.78, 5) is 10.8. The Morgan fingerprint density at radius 3 is 2.82 bits per heavy atom. The molecule has 0 bridgehead atoms. The average molecular weight is 153 g/mol. The molecule has 11 heavy (non-hydrogen) atoms. The van der Waals surface area contributed by atoms with Crippen LogP contribution in [0.15, 0.2) is 0 Å². The van der Waals surface area contributed by atoms with Gasteiger partial charge in [0.25, 0.3) is 0 Å². The molecule has 0 unspecified atom stereocenters. The quantitative estimate of drug-likeness (QED) is 0.603. The molecule has 2 nitrogen and oxygen atoms in total. The monoisotopic (exact) mass is 153 g/mol. The minimum absolute atomic E-state index is 0.0483. The van der Waals surface area contributed by atoms with Crippen LogP contribution < -0.4 is 5.32 Å². The van der Waals surface area contributed by atoms with E-state index in [1.807, 2.05) is 0 Å². The fourth-order valence-corrected chi connectivity index (χ4v) is 0.588. The van der Waals surface area contributed by atoms with Crippen molar-refractivity contribution in [3.05, 3.63) is 0 Å². The van der Waals surface area contributed by atoms with Crippen molar-refractivity contribution in [3.63, 3.8) is 0 Å². The number of terminal acetylenes is 1. The van der Waals surface area contributed by atoms with Gasteiger partial charge >= 0.3 is 0 Å². The maximum absolute atomic E-state index is 10.8. The molecule has 62 valence electrons. The van der Waals surface area contributed by atoms with Gasteiger partial charge in [-0.1, -0.05) is 26.2 Å². The van der Waals surface area contributed by atoms with Crippen molar-refractivity contribution in [1.29, 1.82) is 0 Å². The molecule has 0 aromatic carbocycles. The molecule has 0 aliphatic rings. The molecule has 1 atom stereocenters. The second-order valence-electron chi connectivity index (χ2n) is 2.70. The molecule has 0 spiro atoms. The van der Waals surface area contributed by atoms with Crippen molar-refractivity contribution in [2.75, 3.05) is 6.54 Å². The highest BCUT2D eigenvalue weighted by molar-refractivity contribution is 5.78. The van der Waals surface area contributed by atoms with E-state index in [1.54, 1.807) is 0 Å². The lowest BCUT2D eigenvalue weighted by Gasteiger charge is -2.08. The summed E-state index contributed by atoms with van der Waals surface area (Å²) in [6, 6.07) is 0. The predicted octanol–water partition coefficient (Wildman–Crippen LogP) is 1.17. The Hall–Kier alpha value is -0.970. The molecular formula is C9H15NO. The first kappa shape index (κ1) is 10.0. The highest BCUT2D eigenvalue weighted by atomic mass is 16.1. The number of hydrogen-bond acceptors (Lipinski definition) is 1. The number of rotatable bonds is 4. The van der Waals surface area contributed by atoms with Gasteiger partial charge in [-0.05, 0) is 5.92 Å². The van der Waals surface area contributed by atoms with E-state index in [4.69, 9.17) is 6.42 Å². The zero-order valence-electron chi connectivity index (χ0n) is 7.18. The van der Waals surface area contributed by atoms with E-state index in [2.05, 4.69) is 25.1 Å². The van der Waals surface area contributed by atoms with Crippen LogP contribution in [0.3, 0.4) is 0 Å². The van der Waals surface area contributed by atoms with E-state index in [0.29, 0.717) is 5.92 Å². The van der Waals surface area contributed by atoms with Crippen molar-refractivity contribution in [3.8, 4) is 12.3 Å². The van der Waals surface area contributed by atoms with Crippen molar-refractivity contribution in [1.82, 2.24) is 5.32 Å². The fraction of sp³-hybridized carbons (Fsp3) is 0.667. The first-order chi connectivity index (χ1) is 5.20. The number of nitrogens with one attached hydrogen (secondary N) is 1. The molecule has 0 rings (SSSR count). The summed E-state index contributed by atoms with van der Waals surface area (Å²) >= 11 is 0. The average Bonchev–Trinajstić information content (AvgIpc) is 2.01. The molecule has 2 heteroatoms. The summed E-state index contributed by atoms with van der Waals surface area (Å²) in [7, 11) is 0. The molecule has 0 aromatic rings. The van der Waals surface area contributed by atoms with Crippen LogP contribution in [0.25, 0.3) is 0 Å². The first-order valence-electron chi connectivity index (χ1n) is 3.90. The summed E-state index contributed by atoms with van der Waals surface area (Å²) < 4.78 is 0. The highest BCUT2D eigenvalue weighted by Crippen LogP contribution is 1.96. The van der Waals surface area contributed by atoms with Gasteiger partial charge in [0, 0.05) is 6.54 Å². The molecule has 1 N–H and O–H groups in total. The van der Waals surface area contributed by atoms with E-state index >= 15 is 0 Å². The molecule has 0 aliphatic carbocycles. The Morgan fingerprint density at radius 1 is 1.73 bits per heavy atom. The van der Waals surface area contributed by atoms with Crippen molar-refractivity contribution >= 4 is 5.91 Å². The van der Waals surface area contributed by atoms with Gasteiger partial charge in [0.05, 0.1) is 6.42 Å². The number of hydrogen-bond donors (Lipinski definition) is 1. The van der Waals surface area contributed by atoms with E-state index in [1.165, 1.54) is 0 Å². The zero-order valence-corrected chi connectivity index (χ0v) is 7.18. The Kier molecular flexibility index (Phi) is 5.28.